The minimum absolute atomic E-state index is 0.219. The first kappa shape index (κ1) is 22.0. The van der Waals surface area contributed by atoms with Gasteiger partial charge in [0.25, 0.3) is 0 Å². The average molecular weight is 398 g/mol. The summed E-state index contributed by atoms with van der Waals surface area (Å²) in [4.78, 5) is 24.0. The molecule has 154 valence electrons. The van der Waals surface area contributed by atoms with E-state index in [4.69, 9.17) is 14.2 Å². The Morgan fingerprint density at radius 3 is 2.14 bits per heavy atom. The van der Waals surface area contributed by atoms with Gasteiger partial charge in [-0.05, 0) is 80.8 Å². The lowest BCUT2D eigenvalue weighted by Gasteiger charge is -2.24. The maximum absolute atomic E-state index is 12.7. The fourth-order valence-corrected chi connectivity index (χ4v) is 2.81. The van der Waals surface area contributed by atoms with Crippen molar-refractivity contribution in [3.8, 4) is 17.2 Å². The lowest BCUT2D eigenvalue weighted by atomic mass is 10.0. The van der Waals surface area contributed by atoms with Gasteiger partial charge < -0.3 is 19.3 Å². The molecule has 0 spiro atoms. The molecule has 2 aromatic carbocycles. The van der Waals surface area contributed by atoms with Gasteiger partial charge in [-0.3, -0.25) is 4.79 Å². The van der Waals surface area contributed by atoms with Crippen molar-refractivity contribution in [2.75, 3.05) is 14.2 Å². The Bertz CT molecular complexity index is 933. The fraction of sp³-hybridized carbons (Fsp3) is 0.304. The molecule has 2 rings (SSSR count). The number of methoxy groups -OCH3 is 2. The molecule has 6 heteroatoms. The summed E-state index contributed by atoms with van der Waals surface area (Å²) in [5.74, 6) is 0.293. The number of ether oxygens (including phenoxy) is 3. The number of hydrogen-bond donors (Lipinski definition) is 1. The first-order valence-corrected chi connectivity index (χ1v) is 9.07. The zero-order valence-corrected chi connectivity index (χ0v) is 17.5. The average Bonchev–Trinajstić information content (AvgIpc) is 2.68. The Morgan fingerprint density at radius 2 is 1.62 bits per heavy atom. The van der Waals surface area contributed by atoms with Crippen LogP contribution in [0.1, 0.15) is 40.9 Å². The molecule has 0 aliphatic rings. The van der Waals surface area contributed by atoms with Gasteiger partial charge in [-0.25, -0.2) is 4.79 Å². The predicted octanol–water partition coefficient (Wildman–Crippen LogP) is 4.46. The van der Waals surface area contributed by atoms with E-state index in [1.54, 1.807) is 24.3 Å². The number of ketones is 1. The maximum atomic E-state index is 12.7. The zero-order chi connectivity index (χ0) is 21.8. The number of carboxylic acid groups (broad SMARTS) is 1. The van der Waals surface area contributed by atoms with E-state index >= 15 is 0 Å². The van der Waals surface area contributed by atoms with Crippen LogP contribution in [0.5, 0.6) is 17.2 Å². The van der Waals surface area contributed by atoms with Crippen molar-refractivity contribution in [1.82, 2.24) is 0 Å². The number of aliphatic carboxylic acids is 1. The third-order valence-electron chi connectivity index (χ3n) is 4.45. The lowest BCUT2D eigenvalue weighted by molar-refractivity contribution is -0.152. The van der Waals surface area contributed by atoms with Crippen molar-refractivity contribution < 1.29 is 28.9 Å². The highest BCUT2D eigenvalue weighted by atomic mass is 16.5. The smallest absolute Gasteiger partial charge is 0.347 e. The molecule has 0 aromatic heterocycles. The molecule has 0 unspecified atom stereocenters. The molecule has 0 saturated heterocycles. The van der Waals surface area contributed by atoms with E-state index in [2.05, 4.69) is 0 Å². The number of hydrogen-bond acceptors (Lipinski definition) is 5. The summed E-state index contributed by atoms with van der Waals surface area (Å²) in [6.07, 6.45) is 3.17. The third-order valence-corrected chi connectivity index (χ3v) is 4.45. The largest absolute Gasteiger partial charge is 0.497 e. The van der Waals surface area contributed by atoms with E-state index in [1.807, 2.05) is 26.0 Å². The lowest BCUT2D eigenvalue weighted by Crippen LogP contribution is -2.38. The number of aryl methyl sites for hydroxylation is 2. The van der Waals surface area contributed by atoms with E-state index < -0.39 is 11.6 Å². The van der Waals surface area contributed by atoms with Crippen LogP contribution in [0, 0.1) is 13.8 Å². The van der Waals surface area contributed by atoms with Crippen LogP contribution < -0.4 is 14.2 Å². The molecule has 1 N–H and O–H groups in total. The first-order valence-electron chi connectivity index (χ1n) is 9.07. The Morgan fingerprint density at radius 1 is 1.00 bits per heavy atom. The molecule has 6 nitrogen and oxygen atoms in total. The van der Waals surface area contributed by atoms with Gasteiger partial charge in [0, 0.05) is 0 Å². The fourth-order valence-electron chi connectivity index (χ4n) is 2.81. The maximum Gasteiger partial charge on any atom is 0.347 e. The van der Waals surface area contributed by atoms with E-state index in [9.17, 15) is 14.7 Å². The second-order valence-corrected chi connectivity index (χ2v) is 7.17. The van der Waals surface area contributed by atoms with Gasteiger partial charge >= 0.3 is 5.97 Å². The van der Waals surface area contributed by atoms with Gasteiger partial charge in [0.15, 0.2) is 11.4 Å². The minimum Gasteiger partial charge on any atom is -0.497 e. The number of benzene rings is 2. The molecule has 0 radical (unpaired) electrons. The van der Waals surface area contributed by atoms with E-state index in [-0.39, 0.29) is 5.78 Å². The highest BCUT2D eigenvalue weighted by molar-refractivity contribution is 6.08. The van der Waals surface area contributed by atoms with Crippen LogP contribution >= 0.6 is 0 Å². The van der Waals surface area contributed by atoms with Crippen molar-refractivity contribution in [3.05, 3.63) is 58.7 Å². The molecule has 0 aliphatic heterocycles. The van der Waals surface area contributed by atoms with Crippen molar-refractivity contribution in [2.24, 2.45) is 0 Å². The van der Waals surface area contributed by atoms with E-state index in [0.717, 1.165) is 16.7 Å². The second kappa shape index (κ2) is 8.82. The van der Waals surface area contributed by atoms with Crippen molar-refractivity contribution in [2.45, 2.75) is 33.3 Å². The standard InChI is InChI=1S/C23H26O6/c1-14-11-16(12-15(2)21(14)29-23(3,4)22(25)26)7-9-19(24)18-13-17(27-5)8-10-20(18)28-6/h7-13H,1-6H3,(H,25,26). The predicted molar refractivity (Wildman–Crippen MR) is 111 cm³/mol. The molecule has 0 aliphatic carbocycles. The van der Waals surface area contributed by atoms with Gasteiger partial charge in [-0.2, -0.15) is 0 Å². The summed E-state index contributed by atoms with van der Waals surface area (Å²) < 4.78 is 16.2. The van der Waals surface area contributed by atoms with Gasteiger partial charge in [-0.1, -0.05) is 6.08 Å². The van der Waals surface area contributed by atoms with Crippen molar-refractivity contribution >= 4 is 17.8 Å². The van der Waals surface area contributed by atoms with E-state index in [1.165, 1.54) is 34.1 Å². The van der Waals surface area contributed by atoms with Crippen molar-refractivity contribution in [1.29, 1.82) is 0 Å². The molecule has 0 saturated carbocycles. The number of carbonyl (C=O) groups is 2. The summed E-state index contributed by atoms with van der Waals surface area (Å²) in [7, 11) is 3.04. The SMILES string of the molecule is COc1ccc(OC)c(C(=O)C=Cc2cc(C)c(OC(C)(C)C(=O)O)c(C)c2)c1. The Labute approximate surface area is 170 Å². The highest BCUT2D eigenvalue weighted by Gasteiger charge is 2.30. The quantitative estimate of drug-likeness (QED) is 0.522. The normalized spacial score (nSPS) is 11.4. The minimum atomic E-state index is -1.34. The summed E-state index contributed by atoms with van der Waals surface area (Å²) in [6.45, 7) is 6.68. The summed E-state index contributed by atoms with van der Waals surface area (Å²) in [5, 5.41) is 9.28. The number of rotatable bonds is 8. The van der Waals surface area contributed by atoms with Crippen molar-refractivity contribution in [3.63, 3.8) is 0 Å². The second-order valence-electron chi connectivity index (χ2n) is 7.17. The first-order chi connectivity index (χ1) is 13.6. The monoisotopic (exact) mass is 398 g/mol. The molecular formula is C23H26O6. The molecule has 0 bridgehead atoms. The Kier molecular flexibility index (Phi) is 6.69. The van der Waals surface area contributed by atoms with Gasteiger partial charge in [0.1, 0.15) is 17.2 Å². The van der Waals surface area contributed by atoms with Crippen LogP contribution in [-0.4, -0.2) is 36.7 Å². The molecule has 0 amide bonds. The van der Waals surface area contributed by atoms with Gasteiger partial charge in [0.2, 0.25) is 0 Å². The highest BCUT2D eigenvalue weighted by Crippen LogP contribution is 2.30. The van der Waals surface area contributed by atoms with Crippen LogP contribution in [0.3, 0.4) is 0 Å². The number of carboxylic acids is 1. The van der Waals surface area contributed by atoms with Crippen LogP contribution in [-0.2, 0) is 4.79 Å². The van der Waals surface area contributed by atoms with Crippen LogP contribution in [0.25, 0.3) is 6.08 Å². The third kappa shape index (κ3) is 5.16. The molecule has 0 heterocycles. The number of allylic oxidation sites excluding steroid dienone is 1. The summed E-state index contributed by atoms with van der Waals surface area (Å²) in [5.41, 5.74) is 1.43. The van der Waals surface area contributed by atoms with Gasteiger partial charge in [-0.15, -0.1) is 0 Å². The van der Waals surface area contributed by atoms with Crippen LogP contribution in [0.2, 0.25) is 0 Å². The number of carbonyl (C=O) groups excluding carboxylic acids is 1. The summed E-state index contributed by atoms with van der Waals surface area (Å²) in [6, 6.07) is 8.72. The van der Waals surface area contributed by atoms with Crippen LogP contribution in [0.15, 0.2) is 36.4 Å². The molecule has 29 heavy (non-hydrogen) atoms. The van der Waals surface area contributed by atoms with E-state index in [0.29, 0.717) is 22.8 Å². The summed E-state index contributed by atoms with van der Waals surface area (Å²) >= 11 is 0. The molecular weight excluding hydrogens is 372 g/mol. The van der Waals surface area contributed by atoms with Crippen LogP contribution in [0.4, 0.5) is 0 Å². The molecule has 0 fully saturated rings. The van der Waals surface area contributed by atoms with Gasteiger partial charge in [0.05, 0.1) is 19.8 Å². The molecule has 2 aromatic rings. The Hall–Kier alpha value is -3.28. The Balaban J connectivity index is 2.30. The topological polar surface area (TPSA) is 82.1 Å². The molecule has 0 atom stereocenters. The zero-order valence-electron chi connectivity index (χ0n) is 17.5.